The minimum absolute atomic E-state index is 0.00622. The number of benzene rings is 1. The third-order valence-corrected chi connectivity index (χ3v) is 5.50. The fraction of sp³-hybridized carbons (Fsp3) is 0.333. The van der Waals surface area contributed by atoms with Gasteiger partial charge in [-0.25, -0.2) is 8.42 Å². The molecule has 7 heteroatoms. The first kappa shape index (κ1) is 17.4. The van der Waals surface area contributed by atoms with Gasteiger partial charge in [0.1, 0.15) is 0 Å². The highest BCUT2D eigenvalue weighted by molar-refractivity contribution is 7.90. The highest BCUT2D eigenvalue weighted by Crippen LogP contribution is 2.26. The predicted molar refractivity (Wildman–Crippen MR) is 98.7 cm³/mol. The number of amidine groups is 1. The van der Waals surface area contributed by atoms with E-state index in [1.807, 2.05) is 49.2 Å². The molecule has 0 unspecified atom stereocenters. The highest BCUT2D eigenvalue weighted by Gasteiger charge is 2.27. The zero-order valence-electron chi connectivity index (χ0n) is 14.3. The van der Waals surface area contributed by atoms with Crippen molar-refractivity contribution >= 4 is 27.3 Å². The summed E-state index contributed by atoms with van der Waals surface area (Å²) in [7, 11) is -3.42. The normalized spacial score (nSPS) is 18.2. The van der Waals surface area contributed by atoms with Gasteiger partial charge in [0.15, 0.2) is 5.84 Å². The summed E-state index contributed by atoms with van der Waals surface area (Å²) in [6, 6.07) is 7.22. The number of hydrogen-bond donors (Lipinski definition) is 0. The van der Waals surface area contributed by atoms with E-state index in [0.717, 1.165) is 11.1 Å². The van der Waals surface area contributed by atoms with Gasteiger partial charge in [-0.2, -0.15) is 0 Å². The van der Waals surface area contributed by atoms with Gasteiger partial charge < -0.3 is 9.80 Å². The molecule has 0 bridgehead atoms. The number of carbonyl (C=O) groups excluding carboxylic acids is 1. The lowest BCUT2D eigenvalue weighted by atomic mass is 10.00. The smallest absolute Gasteiger partial charge is 0.256 e. The first-order chi connectivity index (χ1) is 11.9. The molecule has 0 aliphatic carbocycles. The van der Waals surface area contributed by atoms with E-state index >= 15 is 0 Å². The molecule has 0 fully saturated rings. The number of allylic oxidation sites excluding steroid dienone is 2. The molecule has 2 aliphatic rings. The lowest BCUT2D eigenvalue weighted by Crippen LogP contribution is -2.37. The van der Waals surface area contributed by atoms with Crippen LogP contribution in [0, 0.1) is 0 Å². The van der Waals surface area contributed by atoms with E-state index in [9.17, 15) is 13.2 Å². The number of amides is 1. The van der Waals surface area contributed by atoms with Crippen molar-refractivity contribution < 1.29 is 13.2 Å². The molecule has 6 nitrogen and oxygen atoms in total. The first-order valence-electron chi connectivity index (χ1n) is 8.33. The maximum Gasteiger partial charge on any atom is 0.256 e. The van der Waals surface area contributed by atoms with Crippen LogP contribution in [0.5, 0.6) is 0 Å². The van der Waals surface area contributed by atoms with Gasteiger partial charge in [-0.1, -0.05) is 12.1 Å². The maximum atomic E-state index is 12.4. The van der Waals surface area contributed by atoms with Gasteiger partial charge in [0, 0.05) is 37.0 Å². The number of rotatable bonds is 4. The Morgan fingerprint density at radius 1 is 1.20 bits per heavy atom. The zero-order valence-corrected chi connectivity index (χ0v) is 15.2. The average molecular weight is 359 g/mol. The largest absolute Gasteiger partial charge is 0.339 e. The van der Waals surface area contributed by atoms with Crippen molar-refractivity contribution in [3.05, 3.63) is 53.7 Å². The maximum absolute atomic E-state index is 12.4. The summed E-state index contributed by atoms with van der Waals surface area (Å²) in [4.78, 5) is 16.0. The van der Waals surface area contributed by atoms with Crippen LogP contribution in [0.4, 0.5) is 0 Å². The summed E-state index contributed by atoms with van der Waals surface area (Å²) < 4.78 is 27.6. The molecule has 0 N–H and O–H groups in total. The van der Waals surface area contributed by atoms with Crippen molar-refractivity contribution in [1.82, 2.24) is 9.80 Å². The second-order valence-electron chi connectivity index (χ2n) is 5.87. The fourth-order valence-corrected chi connectivity index (χ4v) is 3.91. The molecule has 1 aromatic rings. The minimum atomic E-state index is -3.42. The van der Waals surface area contributed by atoms with Gasteiger partial charge in [0.05, 0.1) is 5.75 Å². The summed E-state index contributed by atoms with van der Waals surface area (Å²) in [6.07, 6.45) is 5.55. The third-order valence-electron chi connectivity index (χ3n) is 4.35. The molecular formula is C18H21N3O3S. The Morgan fingerprint density at radius 3 is 2.52 bits per heavy atom. The van der Waals surface area contributed by atoms with Crippen LogP contribution in [0.3, 0.4) is 0 Å². The lowest BCUT2D eigenvalue weighted by Gasteiger charge is -2.29. The topological polar surface area (TPSA) is 70.1 Å². The fourth-order valence-electron chi connectivity index (χ4n) is 2.93. The number of nitrogens with zero attached hydrogens (tertiary/aromatic N) is 3. The van der Waals surface area contributed by atoms with Gasteiger partial charge in [-0.15, -0.1) is 4.40 Å². The molecule has 25 heavy (non-hydrogen) atoms. The Balaban J connectivity index is 1.92. The quantitative estimate of drug-likeness (QED) is 0.826. The van der Waals surface area contributed by atoms with E-state index in [4.69, 9.17) is 0 Å². The molecular weight excluding hydrogens is 338 g/mol. The van der Waals surface area contributed by atoms with Crippen LogP contribution in [0.25, 0.3) is 5.57 Å². The van der Waals surface area contributed by atoms with Gasteiger partial charge >= 0.3 is 0 Å². The lowest BCUT2D eigenvalue weighted by molar-refractivity contribution is 0.0773. The summed E-state index contributed by atoms with van der Waals surface area (Å²) in [5.74, 6) is 0.454. The van der Waals surface area contributed by atoms with E-state index in [0.29, 0.717) is 31.0 Å². The summed E-state index contributed by atoms with van der Waals surface area (Å²) >= 11 is 0. The zero-order chi connectivity index (χ0) is 18.0. The second-order valence-corrected chi connectivity index (χ2v) is 7.63. The molecule has 0 atom stereocenters. The van der Waals surface area contributed by atoms with Gasteiger partial charge in [-0.3, -0.25) is 4.79 Å². The van der Waals surface area contributed by atoms with Crippen LogP contribution in [0.15, 0.2) is 47.0 Å². The van der Waals surface area contributed by atoms with Gasteiger partial charge in [0.25, 0.3) is 15.9 Å². The van der Waals surface area contributed by atoms with Crippen molar-refractivity contribution in [3.63, 3.8) is 0 Å². The molecule has 2 aliphatic heterocycles. The van der Waals surface area contributed by atoms with Gasteiger partial charge in [0.2, 0.25) is 0 Å². The summed E-state index contributed by atoms with van der Waals surface area (Å²) in [5.41, 5.74) is 2.20. The van der Waals surface area contributed by atoms with Crippen LogP contribution < -0.4 is 0 Å². The van der Waals surface area contributed by atoms with E-state index in [2.05, 4.69) is 4.40 Å². The SMILES string of the molecule is CCN(CC)C(=O)c1ccc(C2=CC=CN3CCS(=O)(=O)N=C23)cc1. The van der Waals surface area contributed by atoms with Crippen LogP contribution in [0.1, 0.15) is 29.8 Å². The van der Waals surface area contributed by atoms with E-state index in [1.165, 1.54) is 0 Å². The average Bonchev–Trinajstić information content (AvgIpc) is 2.61. The van der Waals surface area contributed by atoms with Crippen LogP contribution in [-0.4, -0.2) is 55.3 Å². The second kappa shape index (κ2) is 6.84. The Hall–Kier alpha value is -2.41. The van der Waals surface area contributed by atoms with Gasteiger partial charge in [-0.05, 0) is 43.7 Å². The van der Waals surface area contributed by atoms with Crippen molar-refractivity contribution in [1.29, 1.82) is 0 Å². The molecule has 0 saturated carbocycles. The molecule has 0 spiro atoms. The van der Waals surface area contributed by atoms with Crippen molar-refractivity contribution in [2.45, 2.75) is 13.8 Å². The van der Waals surface area contributed by atoms with E-state index < -0.39 is 10.0 Å². The Labute approximate surface area is 148 Å². The molecule has 132 valence electrons. The minimum Gasteiger partial charge on any atom is -0.339 e. The molecule has 3 rings (SSSR count). The first-order valence-corrected chi connectivity index (χ1v) is 9.94. The molecule has 0 saturated heterocycles. The van der Waals surface area contributed by atoms with Crippen LogP contribution in [-0.2, 0) is 10.0 Å². The number of hydrogen-bond acceptors (Lipinski definition) is 4. The number of fused-ring (bicyclic) bond motifs is 1. The highest BCUT2D eigenvalue weighted by atomic mass is 32.2. The Kier molecular flexibility index (Phi) is 4.76. The molecule has 0 radical (unpaired) electrons. The summed E-state index contributed by atoms with van der Waals surface area (Å²) in [5, 5.41) is 0. The molecule has 1 amide bonds. The van der Waals surface area contributed by atoms with Crippen LogP contribution in [0.2, 0.25) is 0 Å². The van der Waals surface area contributed by atoms with Crippen molar-refractivity contribution in [3.8, 4) is 0 Å². The van der Waals surface area contributed by atoms with E-state index in [1.54, 1.807) is 17.0 Å². The number of carbonyl (C=O) groups is 1. The monoisotopic (exact) mass is 359 g/mol. The van der Waals surface area contributed by atoms with Crippen LogP contribution >= 0.6 is 0 Å². The van der Waals surface area contributed by atoms with Crippen molar-refractivity contribution in [2.24, 2.45) is 4.40 Å². The third kappa shape index (κ3) is 3.51. The molecule has 0 aromatic heterocycles. The molecule has 2 heterocycles. The van der Waals surface area contributed by atoms with E-state index in [-0.39, 0.29) is 11.7 Å². The Bertz CT molecular complexity index is 863. The Morgan fingerprint density at radius 2 is 1.88 bits per heavy atom. The number of sulfonamides is 1. The predicted octanol–water partition coefficient (Wildman–Crippen LogP) is 2.12. The molecule has 1 aromatic carbocycles. The van der Waals surface area contributed by atoms with Crippen molar-refractivity contribution in [2.75, 3.05) is 25.4 Å². The summed E-state index contributed by atoms with van der Waals surface area (Å²) in [6.45, 7) is 5.62. The standard InChI is InChI=1S/C18H21N3O3S/c1-3-20(4-2)18(22)15-9-7-14(8-10-15)16-6-5-11-21-12-13-25(23,24)19-17(16)21/h5-11H,3-4,12-13H2,1-2H3.